The minimum absolute atomic E-state index is 0.00204. The van der Waals surface area contributed by atoms with Crippen molar-refractivity contribution in [2.24, 2.45) is 0 Å². The number of halogens is 3. The van der Waals surface area contributed by atoms with E-state index in [1.54, 1.807) is 6.08 Å². The third-order valence-corrected chi connectivity index (χ3v) is 2.84. The summed E-state index contributed by atoms with van der Waals surface area (Å²) in [6.45, 7) is 2.33. The quantitative estimate of drug-likeness (QED) is 0.752. The van der Waals surface area contributed by atoms with Crippen molar-refractivity contribution in [1.82, 2.24) is 15.6 Å². The molecule has 3 N–H and O–H groups in total. The van der Waals surface area contributed by atoms with Gasteiger partial charge in [-0.05, 0) is 6.07 Å². The number of H-pyrrole nitrogens is 1. The molecule has 4 nitrogen and oxygen atoms in total. The second-order valence-electron chi connectivity index (χ2n) is 4.29. The Kier molecular flexibility index (Phi) is 4.06. The van der Waals surface area contributed by atoms with Gasteiger partial charge in [0.15, 0.2) is 0 Å². The molecule has 0 saturated carbocycles. The van der Waals surface area contributed by atoms with E-state index in [0.717, 1.165) is 19.2 Å². The minimum atomic E-state index is -4.46. The molecule has 104 valence electrons. The van der Waals surface area contributed by atoms with Gasteiger partial charge in [-0.15, -0.1) is 0 Å². The van der Waals surface area contributed by atoms with Crippen LogP contribution in [0.5, 0.6) is 0 Å². The van der Waals surface area contributed by atoms with Crippen LogP contribution in [0.4, 0.5) is 13.2 Å². The van der Waals surface area contributed by atoms with Gasteiger partial charge in [-0.25, -0.2) is 0 Å². The first-order valence-corrected chi connectivity index (χ1v) is 5.89. The van der Waals surface area contributed by atoms with Crippen LogP contribution in [0.1, 0.15) is 11.1 Å². The van der Waals surface area contributed by atoms with Gasteiger partial charge in [0.05, 0.1) is 5.56 Å². The van der Waals surface area contributed by atoms with Crippen molar-refractivity contribution >= 4 is 6.08 Å². The van der Waals surface area contributed by atoms with Crippen molar-refractivity contribution in [2.75, 3.05) is 19.6 Å². The molecular formula is C12H14F3N3O. The molecule has 7 heteroatoms. The number of aromatic nitrogens is 1. The van der Waals surface area contributed by atoms with Crippen LogP contribution < -0.4 is 16.2 Å². The van der Waals surface area contributed by atoms with Crippen LogP contribution in [-0.2, 0) is 6.18 Å². The summed E-state index contributed by atoms with van der Waals surface area (Å²) in [6, 6.07) is 0.869. The zero-order chi connectivity index (χ0) is 13.9. The van der Waals surface area contributed by atoms with Gasteiger partial charge in [0.1, 0.15) is 0 Å². The van der Waals surface area contributed by atoms with Gasteiger partial charge in [-0.2, -0.15) is 13.2 Å². The van der Waals surface area contributed by atoms with Crippen molar-refractivity contribution in [3.63, 3.8) is 0 Å². The lowest BCUT2D eigenvalue weighted by molar-refractivity contribution is -0.137. The Hall–Kier alpha value is -1.60. The molecule has 1 saturated heterocycles. The van der Waals surface area contributed by atoms with E-state index in [-0.39, 0.29) is 11.6 Å². The molecule has 1 aromatic heterocycles. The number of pyridine rings is 1. The van der Waals surface area contributed by atoms with Gasteiger partial charge < -0.3 is 15.6 Å². The fourth-order valence-electron chi connectivity index (χ4n) is 1.82. The minimum Gasteiger partial charge on any atom is -0.328 e. The van der Waals surface area contributed by atoms with Crippen molar-refractivity contribution < 1.29 is 13.2 Å². The molecule has 1 aliphatic rings. The number of piperazine rings is 1. The van der Waals surface area contributed by atoms with E-state index in [1.165, 1.54) is 6.08 Å². The molecule has 2 rings (SSSR count). The normalized spacial score (nSPS) is 20.9. The second-order valence-corrected chi connectivity index (χ2v) is 4.29. The molecule has 0 aromatic carbocycles. The maximum atomic E-state index is 12.5. The molecular weight excluding hydrogens is 259 g/mol. The summed E-state index contributed by atoms with van der Waals surface area (Å²) < 4.78 is 37.6. The molecule has 1 unspecified atom stereocenters. The molecule has 19 heavy (non-hydrogen) atoms. The summed E-state index contributed by atoms with van der Waals surface area (Å²) in [4.78, 5) is 13.6. The van der Waals surface area contributed by atoms with Gasteiger partial charge in [-0.3, -0.25) is 4.79 Å². The van der Waals surface area contributed by atoms with Crippen LogP contribution in [0.15, 0.2) is 23.1 Å². The first kappa shape index (κ1) is 13.8. The van der Waals surface area contributed by atoms with Crippen molar-refractivity contribution in [3.05, 3.63) is 39.8 Å². The zero-order valence-electron chi connectivity index (χ0n) is 10.1. The Morgan fingerprint density at radius 2 is 2.11 bits per heavy atom. The van der Waals surface area contributed by atoms with E-state index in [4.69, 9.17) is 0 Å². The third kappa shape index (κ3) is 3.68. The topological polar surface area (TPSA) is 56.9 Å². The highest BCUT2D eigenvalue weighted by atomic mass is 19.4. The van der Waals surface area contributed by atoms with Gasteiger partial charge in [-0.1, -0.05) is 12.2 Å². The van der Waals surface area contributed by atoms with Crippen molar-refractivity contribution in [2.45, 2.75) is 12.2 Å². The zero-order valence-corrected chi connectivity index (χ0v) is 10.1. The Balaban J connectivity index is 2.19. The molecule has 0 bridgehead atoms. The summed E-state index contributed by atoms with van der Waals surface area (Å²) in [6.07, 6.45) is -0.673. The lowest BCUT2D eigenvalue weighted by Crippen LogP contribution is -2.47. The molecule has 1 aliphatic heterocycles. The average Bonchev–Trinajstić information content (AvgIpc) is 2.37. The molecule has 1 atom stereocenters. The standard InChI is InChI=1S/C12H14F3N3O/c13-12(14,15)9-5-8(11(19)18-6-9)1-2-10-7-16-3-4-17-10/h1-2,5-6,10,16-17H,3-4,7H2,(H,18,19). The predicted octanol–water partition coefficient (Wildman–Crippen LogP) is 0.968. The molecule has 0 amide bonds. The highest BCUT2D eigenvalue weighted by molar-refractivity contribution is 5.50. The summed E-state index contributed by atoms with van der Waals surface area (Å²) in [5, 5.41) is 6.31. The maximum absolute atomic E-state index is 12.5. The average molecular weight is 273 g/mol. The van der Waals surface area contributed by atoms with Crippen molar-refractivity contribution in [3.8, 4) is 0 Å². The number of aromatic amines is 1. The molecule has 0 aliphatic carbocycles. The molecule has 1 aromatic rings. The first-order valence-electron chi connectivity index (χ1n) is 5.89. The summed E-state index contributed by atoms with van der Waals surface area (Å²) in [5.41, 5.74) is -1.39. The Morgan fingerprint density at radius 3 is 2.74 bits per heavy atom. The van der Waals surface area contributed by atoms with Crippen LogP contribution in [0.3, 0.4) is 0 Å². The van der Waals surface area contributed by atoms with E-state index in [2.05, 4.69) is 15.6 Å². The molecule has 2 heterocycles. The fraction of sp³-hybridized carbons (Fsp3) is 0.417. The second kappa shape index (κ2) is 5.58. The van der Waals surface area contributed by atoms with Crippen LogP contribution in [0.2, 0.25) is 0 Å². The van der Waals surface area contributed by atoms with Gasteiger partial charge >= 0.3 is 6.18 Å². The van der Waals surface area contributed by atoms with Crippen LogP contribution in [0, 0.1) is 0 Å². The molecule has 1 fully saturated rings. The van der Waals surface area contributed by atoms with Gasteiger partial charge in [0.25, 0.3) is 5.56 Å². The van der Waals surface area contributed by atoms with Crippen molar-refractivity contribution in [1.29, 1.82) is 0 Å². The first-order chi connectivity index (χ1) is 8.97. The Morgan fingerprint density at radius 1 is 1.32 bits per heavy atom. The third-order valence-electron chi connectivity index (χ3n) is 2.84. The largest absolute Gasteiger partial charge is 0.417 e. The van der Waals surface area contributed by atoms with Crippen LogP contribution >= 0.6 is 0 Å². The van der Waals surface area contributed by atoms with Gasteiger partial charge in [0.2, 0.25) is 0 Å². The monoisotopic (exact) mass is 273 g/mol. The van der Waals surface area contributed by atoms with E-state index in [1.807, 2.05) is 0 Å². The number of nitrogens with one attached hydrogen (secondary N) is 3. The Labute approximate surface area is 107 Å². The lowest BCUT2D eigenvalue weighted by atomic mass is 10.1. The smallest absolute Gasteiger partial charge is 0.328 e. The summed E-state index contributed by atoms with van der Waals surface area (Å²) in [5.74, 6) is 0. The predicted molar refractivity (Wildman–Crippen MR) is 65.8 cm³/mol. The van der Waals surface area contributed by atoms with E-state index in [0.29, 0.717) is 12.7 Å². The van der Waals surface area contributed by atoms with Gasteiger partial charge in [0, 0.05) is 37.4 Å². The van der Waals surface area contributed by atoms with Crippen LogP contribution in [0.25, 0.3) is 6.08 Å². The SMILES string of the molecule is O=c1[nH]cc(C(F)(F)F)cc1C=CC1CNCCN1. The fourth-order valence-corrected chi connectivity index (χ4v) is 1.82. The van der Waals surface area contributed by atoms with E-state index < -0.39 is 17.3 Å². The number of hydrogen-bond acceptors (Lipinski definition) is 3. The number of hydrogen-bond donors (Lipinski definition) is 3. The molecule has 0 spiro atoms. The summed E-state index contributed by atoms with van der Waals surface area (Å²) in [7, 11) is 0. The maximum Gasteiger partial charge on any atom is 0.417 e. The summed E-state index contributed by atoms with van der Waals surface area (Å²) >= 11 is 0. The highest BCUT2D eigenvalue weighted by Gasteiger charge is 2.31. The number of rotatable bonds is 2. The lowest BCUT2D eigenvalue weighted by Gasteiger charge is -2.21. The Bertz CT molecular complexity index is 516. The number of alkyl halides is 3. The van der Waals surface area contributed by atoms with E-state index in [9.17, 15) is 18.0 Å². The van der Waals surface area contributed by atoms with E-state index >= 15 is 0 Å². The molecule has 0 radical (unpaired) electrons. The van der Waals surface area contributed by atoms with Crippen LogP contribution in [-0.4, -0.2) is 30.7 Å². The highest BCUT2D eigenvalue weighted by Crippen LogP contribution is 2.28.